The molecule has 148 valence electrons. The molecule has 0 aliphatic carbocycles. The fraction of sp³-hybridized carbons (Fsp3) is 0.440. The highest BCUT2D eigenvalue weighted by Gasteiger charge is 2.31. The zero-order chi connectivity index (χ0) is 20.3. The fourth-order valence-electron chi connectivity index (χ4n) is 4.43. The summed E-state index contributed by atoms with van der Waals surface area (Å²) in [5.74, 6) is 0.441. The van der Waals surface area contributed by atoms with Gasteiger partial charge in [0.15, 0.2) is 0 Å². The first-order valence-electron chi connectivity index (χ1n) is 10.3. The molecule has 1 aliphatic rings. The van der Waals surface area contributed by atoms with Crippen LogP contribution in [0.4, 0.5) is 0 Å². The summed E-state index contributed by atoms with van der Waals surface area (Å²) in [5.41, 5.74) is 6.88. The quantitative estimate of drug-likeness (QED) is 0.510. The maximum Gasteiger partial charge on any atom is 0.123 e. The monoisotopic (exact) mass is 376 g/mol. The Morgan fingerprint density at radius 1 is 0.929 bits per heavy atom. The van der Waals surface area contributed by atoms with E-state index in [0.29, 0.717) is 5.75 Å². The van der Waals surface area contributed by atoms with Crippen LogP contribution in [0.3, 0.4) is 0 Å². The molecule has 2 aromatic carbocycles. The van der Waals surface area contributed by atoms with Gasteiger partial charge in [-0.2, -0.15) is 0 Å². The normalized spacial score (nSPS) is 17.7. The Balaban J connectivity index is 1.94. The van der Waals surface area contributed by atoms with Gasteiger partial charge in [0.05, 0.1) is 6.04 Å². The number of nitrogens with one attached hydrogen (secondary N) is 2. The fourth-order valence-corrected chi connectivity index (χ4v) is 4.43. The zero-order valence-corrected chi connectivity index (χ0v) is 17.9. The summed E-state index contributed by atoms with van der Waals surface area (Å²) in [6, 6.07) is 13.1. The second kappa shape index (κ2) is 6.38. The predicted octanol–water partition coefficient (Wildman–Crippen LogP) is 5.70. The van der Waals surface area contributed by atoms with E-state index in [-0.39, 0.29) is 16.9 Å². The van der Waals surface area contributed by atoms with Crippen molar-refractivity contribution in [3.63, 3.8) is 0 Å². The predicted molar refractivity (Wildman–Crippen MR) is 117 cm³/mol. The van der Waals surface area contributed by atoms with E-state index in [1.807, 2.05) is 0 Å². The van der Waals surface area contributed by atoms with Crippen LogP contribution in [-0.2, 0) is 17.3 Å². The van der Waals surface area contributed by atoms with E-state index < -0.39 is 0 Å². The van der Waals surface area contributed by atoms with E-state index in [1.54, 1.807) is 0 Å². The molecule has 3 heteroatoms. The van der Waals surface area contributed by atoms with Crippen molar-refractivity contribution in [1.29, 1.82) is 0 Å². The largest absolute Gasteiger partial charge is 0.507 e. The van der Waals surface area contributed by atoms with Crippen LogP contribution in [0.1, 0.15) is 75.5 Å². The Morgan fingerprint density at radius 2 is 1.54 bits per heavy atom. The molecule has 0 amide bonds. The number of hydrogen-bond acceptors (Lipinski definition) is 2. The van der Waals surface area contributed by atoms with Crippen molar-refractivity contribution in [1.82, 2.24) is 10.3 Å². The number of rotatable bonds is 1. The van der Waals surface area contributed by atoms with E-state index in [4.69, 9.17) is 0 Å². The molecule has 2 heterocycles. The van der Waals surface area contributed by atoms with Crippen molar-refractivity contribution in [2.24, 2.45) is 0 Å². The molecule has 1 aromatic heterocycles. The molecule has 1 atom stereocenters. The zero-order valence-electron chi connectivity index (χ0n) is 17.9. The number of para-hydroxylation sites is 1. The first kappa shape index (κ1) is 19.1. The van der Waals surface area contributed by atoms with Crippen LogP contribution in [0.5, 0.6) is 5.75 Å². The standard InChI is InChI=1S/C25H32N2O/c1-24(2,3)18-13-15(14-19(23(18)28)25(4,5)6)21-22-17(11-12-26-21)16-9-7-8-10-20(16)27-22/h7-10,13-14,21,26-28H,11-12H2,1-6H3. The molecular weight excluding hydrogens is 344 g/mol. The lowest BCUT2D eigenvalue weighted by molar-refractivity contribution is 0.421. The first-order chi connectivity index (χ1) is 13.1. The summed E-state index contributed by atoms with van der Waals surface area (Å²) in [5, 5.41) is 16.1. The summed E-state index contributed by atoms with van der Waals surface area (Å²) < 4.78 is 0. The van der Waals surface area contributed by atoms with Gasteiger partial charge in [0.2, 0.25) is 0 Å². The van der Waals surface area contributed by atoms with E-state index in [9.17, 15) is 5.11 Å². The average Bonchev–Trinajstić information content (AvgIpc) is 2.99. The molecule has 3 aromatic rings. The van der Waals surface area contributed by atoms with Crippen molar-refractivity contribution < 1.29 is 5.11 Å². The molecule has 0 bridgehead atoms. The smallest absolute Gasteiger partial charge is 0.123 e. The van der Waals surface area contributed by atoms with Gasteiger partial charge < -0.3 is 15.4 Å². The third-order valence-electron chi connectivity index (χ3n) is 5.94. The Kier molecular flexibility index (Phi) is 4.35. The molecule has 1 aliphatic heterocycles. The van der Waals surface area contributed by atoms with Crippen LogP contribution >= 0.6 is 0 Å². The van der Waals surface area contributed by atoms with E-state index >= 15 is 0 Å². The third kappa shape index (κ3) is 3.12. The van der Waals surface area contributed by atoms with E-state index in [2.05, 4.69) is 88.2 Å². The SMILES string of the molecule is CC(C)(C)c1cc(C2NCCc3c2[nH]c2ccccc32)cc(C(C)(C)C)c1O. The minimum atomic E-state index is -0.127. The summed E-state index contributed by atoms with van der Waals surface area (Å²) in [4.78, 5) is 3.67. The number of phenolic OH excluding ortho intramolecular Hbond substituents is 1. The highest BCUT2D eigenvalue weighted by molar-refractivity contribution is 5.85. The minimum absolute atomic E-state index is 0.110. The second-order valence-electron chi connectivity index (χ2n) is 10.2. The molecule has 0 saturated heterocycles. The van der Waals surface area contributed by atoms with Crippen LogP contribution < -0.4 is 5.32 Å². The number of fused-ring (bicyclic) bond motifs is 3. The van der Waals surface area contributed by atoms with Gasteiger partial charge in [-0.15, -0.1) is 0 Å². The number of aromatic amines is 1. The van der Waals surface area contributed by atoms with Gasteiger partial charge in [-0.05, 0) is 57.7 Å². The van der Waals surface area contributed by atoms with Crippen molar-refractivity contribution in [2.75, 3.05) is 6.54 Å². The van der Waals surface area contributed by atoms with Crippen LogP contribution in [0.25, 0.3) is 10.9 Å². The lowest BCUT2D eigenvalue weighted by Crippen LogP contribution is -2.31. The lowest BCUT2D eigenvalue weighted by Gasteiger charge is -2.31. The minimum Gasteiger partial charge on any atom is -0.507 e. The molecule has 3 nitrogen and oxygen atoms in total. The molecule has 0 fully saturated rings. The number of H-pyrrole nitrogens is 1. The van der Waals surface area contributed by atoms with Gasteiger partial charge >= 0.3 is 0 Å². The van der Waals surface area contributed by atoms with E-state index in [1.165, 1.54) is 27.7 Å². The van der Waals surface area contributed by atoms with Gasteiger partial charge in [-0.3, -0.25) is 0 Å². The Labute approximate surface area is 168 Å². The third-order valence-corrected chi connectivity index (χ3v) is 5.94. The molecule has 0 spiro atoms. The number of hydrogen-bond donors (Lipinski definition) is 3. The Hall–Kier alpha value is -2.26. The summed E-state index contributed by atoms with van der Waals surface area (Å²) in [6.07, 6.45) is 1.03. The molecule has 0 radical (unpaired) electrons. The topological polar surface area (TPSA) is 48.0 Å². The van der Waals surface area contributed by atoms with Crippen molar-refractivity contribution in [2.45, 2.75) is 64.8 Å². The molecule has 0 saturated carbocycles. The summed E-state index contributed by atoms with van der Waals surface area (Å²) >= 11 is 0. The number of phenols is 1. The maximum absolute atomic E-state index is 11.1. The summed E-state index contributed by atoms with van der Waals surface area (Å²) in [7, 11) is 0. The Morgan fingerprint density at radius 3 is 2.14 bits per heavy atom. The molecule has 1 unspecified atom stereocenters. The molecule has 28 heavy (non-hydrogen) atoms. The lowest BCUT2D eigenvalue weighted by atomic mass is 9.77. The van der Waals surface area contributed by atoms with E-state index in [0.717, 1.165) is 24.1 Å². The van der Waals surface area contributed by atoms with Gasteiger partial charge in [-0.25, -0.2) is 0 Å². The molecule has 4 rings (SSSR count). The van der Waals surface area contributed by atoms with Crippen LogP contribution in [0.15, 0.2) is 36.4 Å². The number of aromatic hydroxyl groups is 1. The first-order valence-corrected chi connectivity index (χ1v) is 10.3. The van der Waals surface area contributed by atoms with Gasteiger partial charge in [0.25, 0.3) is 0 Å². The van der Waals surface area contributed by atoms with Crippen LogP contribution in [-0.4, -0.2) is 16.6 Å². The van der Waals surface area contributed by atoms with Gasteiger partial charge in [0, 0.05) is 23.1 Å². The second-order valence-corrected chi connectivity index (χ2v) is 10.2. The van der Waals surface area contributed by atoms with Crippen LogP contribution in [0, 0.1) is 0 Å². The molecule has 3 N–H and O–H groups in total. The summed E-state index contributed by atoms with van der Waals surface area (Å²) in [6.45, 7) is 14.0. The average molecular weight is 377 g/mol. The highest BCUT2D eigenvalue weighted by Crippen LogP contribution is 2.42. The maximum atomic E-state index is 11.1. The highest BCUT2D eigenvalue weighted by atomic mass is 16.3. The van der Waals surface area contributed by atoms with Crippen LogP contribution in [0.2, 0.25) is 0 Å². The van der Waals surface area contributed by atoms with Crippen molar-refractivity contribution >= 4 is 10.9 Å². The Bertz CT molecular complexity index is 996. The van der Waals surface area contributed by atoms with Gasteiger partial charge in [0.1, 0.15) is 5.75 Å². The van der Waals surface area contributed by atoms with Crippen molar-refractivity contribution in [3.8, 4) is 5.75 Å². The molecular formula is C25H32N2O. The number of benzene rings is 2. The number of aromatic nitrogens is 1. The van der Waals surface area contributed by atoms with Gasteiger partial charge in [-0.1, -0.05) is 59.7 Å². The van der Waals surface area contributed by atoms with Crippen molar-refractivity contribution in [3.05, 3.63) is 64.3 Å².